The molecule has 37 heteroatoms. The minimum atomic E-state index is -2.02. The van der Waals surface area contributed by atoms with Crippen molar-refractivity contribution in [2.24, 2.45) is 59.2 Å². The van der Waals surface area contributed by atoms with E-state index in [9.17, 15) is 96.1 Å². The van der Waals surface area contributed by atoms with E-state index < -0.39 is 282 Å². The zero-order valence-electron chi connectivity index (χ0n) is 56.0. The maximum absolute atomic E-state index is 15.3. The summed E-state index contributed by atoms with van der Waals surface area (Å²) in [6.45, 7) is 7.78. The first kappa shape index (κ1) is 79.5. The summed E-state index contributed by atoms with van der Waals surface area (Å²) in [5.74, 6) is -15.1. The molecule has 2 aliphatic carbocycles. The van der Waals surface area contributed by atoms with E-state index in [1.54, 1.807) is 13.8 Å². The smallest absolute Gasteiger partial charge is 0.338 e. The second-order valence-electron chi connectivity index (χ2n) is 26.8. The largest absolute Gasteiger partial charge is 0.472 e. The molecule has 0 aromatic rings. The predicted molar refractivity (Wildman–Crippen MR) is 330 cm³/mol. The molecule has 103 heavy (non-hydrogen) atoms. The monoisotopic (exact) mass is 1470 g/mol. The number of esters is 4. The highest BCUT2D eigenvalue weighted by molar-refractivity contribution is 5.93. The number of carbonyl (C=O) groups excluding carboxylic acids is 5. The molecule has 0 aromatic heterocycles. The Bertz CT molecular complexity index is 3170. The molecule has 37 nitrogen and oxygen atoms in total. The van der Waals surface area contributed by atoms with Gasteiger partial charge in [0.05, 0.1) is 93.9 Å². The summed E-state index contributed by atoms with van der Waals surface area (Å²) in [6, 6.07) is 0. The van der Waals surface area contributed by atoms with Gasteiger partial charge in [-0.1, -0.05) is 32.1 Å². The number of allylic oxidation sites excluding steroid dienone is 2. The molecule has 0 aromatic carbocycles. The number of ether oxygens (including phenoxy) is 16. The zero-order valence-corrected chi connectivity index (χ0v) is 56.0. The third-order valence-electron chi connectivity index (χ3n) is 21.2. The van der Waals surface area contributed by atoms with Gasteiger partial charge in [0.15, 0.2) is 25.2 Å². The number of methoxy groups -OCH3 is 2. The molecule has 8 heterocycles. The van der Waals surface area contributed by atoms with Crippen molar-refractivity contribution < 1.29 is 181 Å². The molecule has 576 valence electrons. The van der Waals surface area contributed by atoms with Crippen LogP contribution in [0.2, 0.25) is 0 Å². The number of aldehydes is 1. The van der Waals surface area contributed by atoms with Crippen LogP contribution < -0.4 is 0 Å². The van der Waals surface area contributed by atoms with Gasteiger partial charge in [-0.2, -0.15) is 0 Å². The van der Waals surface area contributed by atoms with Crippen molar-refractivity contribution in [3.63, 3.8) is 0 Å². The zero-order chi connectivity index (χ0) is 74.9. The lowest BCUT2D eigenvalue weighted by Gasteiger charge is -2.43. The summed E-state index contributed by atoms with van der Waals surface area (Å²) in [6.07, 6.45) is -37.1. The molecular formula is C66H90O37. The average molecular weight is 1480 g/mol. The van der Waals surface area contributed by atoms with Gasteiger partial charge in [-0.25, -0.2) is 19.2 Å². The number of hydrogen-bond acceptors (Lipinski definition) is 37. The summed E-state index contributed by atoms with van der Waals surface area (Å²) in [7, 11) is 2.22. The predicted octanol–water partition coefficient (Wildman–Crippen LogP) is -6.72. The van der Waals surface area contributed by atoms with Crippen molar-refractivity contribution in [1.82, 2.24) is 0 Å². The number of fused-ring (bicyclic) bond motifs is 2. The Hall–Kier alpha value is -6.03. The van der Waals surface area contributed by atoms with Gasteiger partial charge in [0.1, 0.15) is 116 Å². The average Bonchev–Trinajstić information content (AvgIpc) is 1.67. The molecule has 10 rings (SSSR count). The van der Waals surface area contributed by atoms with Crippen LogP contribution in [-0.4, -0.2) is 313 Å². The van der Waals surface area contributed by atoms with Gasteiger partial charge >= 0.3 is 23.9 Å². The summed E-state index contributed by atoms with van der Waals surface area (Å²) < 4.78 is 93.4. The first-order valence-corrected chi connectivity index (χ1v) is 33.4. The third-order valence-corrected chi connectivity index (χ3v) is 21.2. The molecule has 10 aliphatic rings. The van der Waals surface area contributed by atoms with Crippen LogP contribution in [0, 0.1) is 59.2 Å². The Kier molecular flexibility index (Phi) is 26.1. The molecule has 0 bridgehead atoms. The summed E-state index contributed by atoms with van der Waals surface area (Å²) in [4.78, 5) is 71.3. The quantitative estimate of drug-likeness (QED) is 0.0140. The van der Waals surface area contributed by atoms with Crippen molar-refractivity contribution in [2.75, 3.05) is 40.6 Å². The van der Waals surface area contributed by atoms with Crippen molar-refractivity contribution in [3.05, 3.63) is 84.3 Å². The lowest BCUT2D eigenvalue weighted by atomic mass is 9.76. The summed E-state index contributed by atoms with van der Waals surface area (Å²) >= 11 is 0. The molecule has 16 N–H and O–H groups in total. The van der Waals surface area contributed by atoms with E-state index in [-0.39, 0.29) is 35.1 Å². The Morgan fingerprint density at radius 2 is 0.757 bits per heavy atom. The fourth-order valence-corrected chi connectivity index (χ4v) is 15.2. The summed E-state index contributed by atoms with van der Waals surface area (Å²) in [5.41, 5.74) is -1.13. The van der Waals surface area contributed by atoms with E-state index in [0.29, 0.717) is 6.29 Å². The minimum absolute atomic E-state index is 0.0243. The van der Waals surface area contributed by atoms with Crippen LogP contribution in [0.25, 0.3) is 0 Å². The van der Waals surface area contributed by atoms with Crippen LogP contribution in [0.3, 0.4) is 0 Å². The van der Waals surface area contributed by atoms with E-state index in [1.807, 2.05) is 0 Å². The molecule has 36 unspecified atom stereocenters. The molecule has 0 radical (unpaired) electrons. The van der Waals surface area contributed by atoms with Gasteiger partial charge in [-0.15, -0.1) is 13.2 Å². The van der Waals surface area contributed by atoms with Crippen molar-refractivity contribution in [3.8, 4) is 0 Å². The summed E-state index contributed by atoms with van der Waals surface area (Å²) in [5, 5.41) is 169. The molecule has 2 saturated carbocycles. The lowest BCUT2D eigenvalue weighted by molar-refractivity contribution is -0.342. The number of carbonyl (C=O) groups is 5. The highest BCUT2D eigenvalue weighted by Gasteiger charge is 2.59. The molecule has 36 atom stereocenters. The molecule has 0 amide bonds. The Labute approximate surface area is 587 Å². The Morgan fingerprint density at radius 3 is 1.10 bits per heavy atom. The number of aliphatic hydroxyl groups excluding tert-OH is 16. The minimum Gasteiger partial charge on any atom is -0.472 e. The maximum atomic E-state index is 15.3. The van der Waals surface area contributed by atoms with Gasteiger partial charge in [0, 0.05) is 53.3 Å². The Balaban J connectivity index is 0.986. The normalized spacial score (nSPS) is 45.3. The van der Waals surface area contributed by atoms with Crippen LogP contribution in [0.1, 0.15) is 33.1 Å². The SMILES string of the molecule is C=CC1C(OC2OC(CO)C(O)C(O)C2O)OC=C(C(=O)OC2CC3C(C(=O)OC)=COC(OC4OC(CO)C(O)C(O)C4O)C3C2C)C1CC=C(C=O)C1C(C(=O)OC2CC3C(C(=O)OC)=COC(OC4OC(CO)C(O)C(O)C4O)C3C2C)=COC(OC2OC(CO)C(O)C(O)C2O)C1C=C. The van der Waals surface area contributed by atoms with Gasteiger partial charge in [0.25, 0.3) is 0 Å². The van der Waals surface area contributed by atoms with E-state index in [0.717, 1.165) is 39.3 Å². The van der Waals surface area contributed by atoms with Crippen LogP contribution in [0.5, 0.6) is 0 Å². The third kappa shape index (κ3) is 15.6. The number of rotatable bonds is 24. The van der Waals surface area contributed by atoms with E-state index in [4.69, 9.17) is 75.8 Å². The highest BCUT2D eigenvalue weighted by Crippen LogP contribution is 2.52. The van der Waals surface area contributed by atoms with Gasteiger partial charge < -0.3 is 157 Å². The maximum Gasteiger partial charge on any atom is 0.338 e. The van der Waals surface area contributed by atoms with Gasteiger partial charge in [-0.05, 0) is 24.8 Å². The molecule has 8 aliphatic heterocycles. The second-order valence-corrected chi connectivity index (χ2v) is 26.8. The van der Waals surface area contributed by atoms with Crippen LogP contribution in [0.4, 0.5) is 0 Å². The highest BCUT2D eigenvalue weighted by atomic mass is 16.8. The fourth-order valence-electron chi connectivity index (χ4n) is 15.2. The van der Waals surface area contributed by atoms with Crippen molar-refractivity contribution >= 4 is 30.2 Å². The van der Waals surface area contributed by atoms with Gasteiger partial charge in [-0.3, -0.25) is 4.79 Å². The van der Waals surface area contributed by atoms with Crippen LogP contribution in [0.15, 0.2) is 84.3 Å². The molecular weight excluding hydrogens is 1380 g/mol. The van der Waals surface area contributed by atoms with Crippen LogP contribution >= 0.6 is 0 Å². The Morgan fingerprint density at radius 1 is 0.437 bits per heavy atom. The number of hydrogen-bond donors (Lipinski definition) is 16. The first-order chi connectivity index (χ1) is 49.1. The first-order valence-electron chi connectivity index (χ1n) is 33.4. The van der Waals surface area contributed by atoms with Crippen molar-refractivity contribution in [2.45, 2.75) is 193 Å². The van der Waals surface area contributed by atoms with Crippen molar-refractivity contribution in [1.29, 1.82) is 0 Å². The van der Waals surface area contributed by atoms with Gasteiger partial charge in [0.2, 0.25) is 25.2 Å². The topological polar surface area (TPSA) is 557 Å². The van der Waals surface area contributed by atoms with E-state index >= 15 is 9.59 Å². The van der Waals surface area contributed by atoms with Crippen LogP contribution in [-0.2, 0) is 99.8 Å². The fraction of sp³-hybridized carbons (Fsp3) is 0.712. The molecule has 0 spiro atoms. The molecule has 4 saturated heterocycles. The lowest BCUT2D eigenvalue weighted by Crippen LogP contribution is -2.60. The standard InChI is InChI=1S/C66H90O37/c1-7-25-27(30(18-90-59(25)100-63-51(80)47(76)43(72)36(14-68)96-63)57(86)94-34-11-28-31(55(84)88-5)19-92-61(40(28)22(34)3)102-65-53(82)49(78)45(74)38(16-70)98-65)10-9-24(13-67)42-26(8-2)60(101-64-52(81)48(77)44(73)37(15-69)97-64)91-21-33(42)58(87)95-35-12-29-32(56(85)89-6)20-93-62(41(29)23(35)4)103-66-54(83)50(79)46(75)39(17-71)99-66/h7-9,13,18-23,25-29,34-54,59-66,68-83H,1-2,10-12,14-17H2,3-6H3. The van der Waals surface area contributed by atoms with E-state index in [1.165, 1.54) is 18.2 Å². The van der Waals surface area contributed by atoms with E-state index in [2.05, 4.69) is 13.2 Å². The number of aliphatic hydroxyl groups is 16. The molecule has 6 fully saturated rings. The second kappa shape index (κ2) is 33.8.